The van der Waals surface area contributed by atoms with Crippen LogP contribution in [0.5, 0.6) is 0 Å². The maximum Gasteiger partial charge on any atom is 0.0205 e. The summed E-state index contributed by atoms with van der Waals surface area (Å²) >= 11 is 1.84. The molecule has 2 heteroatoms. The minimum Gasteiger partial charge on any atom is -0.325 e. The van der Waals surface area contributed by atoms with Crippen molar-refractivity contribution in [1.29, 1.82) is 0 Å². The summed E-state index contributed by atoms with van der Waals surface area (Å²) in [5.74, 6) is 1.63. The molecule has 1 aliphatic rings. The normalized spacial score (nSPS) is 36.7. The third-order valence-corrected chi connectivity index (χ3v) is 4.78. The van der Waals surface area contributed by atoms with E-state index in [0.717, 1.165) is 18.3 Å². The van der Waals surface area contributed by atoms with Crippen LogP contribution in [0, 0.1) is 11.8 Å². The molecule has 0 bridgehead atoms. The molecule has 0 radical (unpaired) electrons. The van der Waals surface area contributed by atoms with Crippen molar-refractivity contribution in [3.8, 4) is 0 Å². The summed E-state index contributed by atoms with van der Waals surface area (Å²) < 4.78 is 0. The molecule has 1 fully saturated rings. The Kier molecular flexibility index (Phi) is 3.17. The van der Waals surface area contributed by atoms with Gasteiger partial charge in [0.25, 0.3) is 0 Å². The number of hydrogen-bond donors (Lipinski definition) is 1. The standard InChI is InChI=1S/C13H21NS/c1-10-5-6-13(14,8-11(10)2)9-12-4-3-7-15-12/h3-4,7,10-11H,5-6,8-9,14H2,1-2H3. The van der Waals surface area contributed by atoms with E-state index >= 15 is 0 Å². The number of hydrogen-bond acceptors (Lipinski definition) is 2. The highest BCUT2D eigenvalue weighted by molar-refractivity contribution is 7.09. The van der Waals surface area contributed by atoms with Gasteiger partial charge in [0.15, 0.2) is 0 Å². The lowest BCUT2D eigenvalue weighted by Gasteiger charge is -2.40. The Labute approximate surface area is 96.7 Å². The zero-order valence-corrected chi connectivity index (χ0v) is 10.5. The van der Waals surface area contributed by atoms with Gasteiger partial charge in [-0.25, -0.2) is 0 Å². The van der Waals surface area contributed by atoms with Gasteiger partial charge in [-0.1, -0.05) is 19.9 Å². The molecule has 2 N–H and O–H groups in total. The third-order valence-electron chi connectivity index (χ3n) is 3.90. The first-order valence-electron chi connectivity index (χ1n) is 5.90. The Hall–Kier alpha value is -0.340. The Balaban J connectivity index is 2.01. The van der Waals surface area contributed by atoms with E-state index < -0.39 is 0 Å². The molecule has 0 amide bonds. The average Bonchev–Trinajstić information content (AvgIpc) is 2.64. The van der Waals surface area contributed by atoms with Gasteiger partial charge < -0.3 is 5.73 Å². The van der Waals surface area contributed by atoms with Gasteiger partial charge in [-0.05, 0) is 49.0 Å². The summed E-state index contributed by atoms with van der Waals surface area (Å²) in [6.07, 6.45) is 4.74. The van der Waals surface area contributed by atoms with Crippen molar-refractivity contribution in [1.82, 2.24) is 0 Å². The van der Waals surface area contributed by atoms with Crippen LogP contribution in [-0.2, 0) is 6.42 Å². The van der Waals surface area contributed by atoms with Gasteiger partial charge in [-0.2, -0.15) is 0 Å². The predicted octanol–water partition coefficient (Wildman–Crippen LogP) is 3.44. The molecule has 0 aliphatic heterocycles. The van der Waals surface area contributed by atoms with E-state index in [2.05, 4.69) is 31.4 Å². The molecule has 1 aromatic rings. The molecule has 3 unspecified atom stereocenters. The van der Waals surface area contributed by atoms with Crippen LogP contribution in [-0.4, -0.2) is 5.54 Å². The van der Waals surface area contributed by atoms with Crippen LogP contribution in [0.15, 0.2) is 17.5 Å². The van der Waals surface area contributed by atoms with Crippen LogP contribution in [0.3, 0.4) is 0 Å². The second-order valence-electron chi connectivity index (χ2n) is 5.32. The molecule has 0 spiro atoms. The van der Waals surface area contributed by atoms with Gasteiger partial charge in [-0.3, -0.25) is 0 Å². The topological polar surface area (TPSA) is 26.0 Å². The van der Waals surface area contributed by atoms with Crippen molar-refractivity contribution >= 4 is 11.3 Å². The molecular formula is C13H21NS. The van der Waals surface area contributed by atoms with Crippen molar-refractivity contribution < 1.29 is 0 Å². The lowest BCUT2D eigenvalue weighted by molar-refractivity contribution is 0.176. The van der Waals surface area contributed by atoms with Crippen molar-refractivity contribution in [3.63, 3.8) is 0 Å². The molecule has 84 valence electrons. The molecule has 1 heterocycles. The average molecular weight is 223 g/mol. The van der Waals surface area contributed by atoms with Gasteiger partial charge in [0.1, 0.15) is 0 Å². The van der Waals surface area contributed by atoms with Crippen LogP contribution in [0.4, 0.5) is 0 Å². The molecule has 1 aliphatic carbocycles. The highest BCUT2D eigenvalue weighted by Crippen LogP contribution is 2.37. The molecule has 1 nitrogen and oxygen atoms in total. The van der Waals surface area contributed by atoms with E-state index in [9.17, 15) is 0 Å². The van der Waals surface area contributed by atoms with Crippen molar-refractivity contribution in [2.24, 2.45) is 17.6 Å². The fraction of sp³-hybridized carbons (Fsp3) is 0.692. The number of nitrogens with two attached hydrogens (primary N) is 1. The zero-order valence-electron chi connectivity index (χ0n) is 9.70. The van der Waals surface area contributed by atoms with Gasteiger partial charge in [0.05, 0.1) is 0 Å². The van der Waals surface area contributed by atoms with Crippen molar-refractivity contribution in [2.75, 3.05) is 0 Å². The lowest BCUT2D eigenvalue weighted by atomic mass is 9.70. The number of thiophene rings is 1. The summed E-state index contributed by atoms with van der Waals surface area (Å²) in [6, 6.07) is 4.33. The van der Waals surface area contributed by atoms with Gasteiger partial charge in [-0.15, -0.1) is 11.3 Å². The van der Waals surface area contributed by atoms with E-state index in [0.29, 0.717) is 0 Å². The van der Waals surface area contributed by atoms with Crippen LogP contribution in [0.2, 0.25) is 0 Å². The molecule has 3 atom stereocenters. The summed E-state index contributed by atoms with van der Waals surface area (Å²) in [5.41, 5.74) is 6.58. The molecule has 1 aromatic heterocycles. The van der Waals surface area contributed by atoms with E-state index in [1.165, 1.54) is 24.1 Å². The highest BCUT2D eigenvalue weighted by atomic mass is 32.1. The summed E-state index contributed by atoms with van der Waals surface area (Å²) in [5, 5.41) is 2.15. The fourth-order valence-electron chi connectivity index (χ4n) is 2.66. The van der Waals surface area contributed by atoms with Crippen molar-refractivity contribution in [3.05, 3.63) is 22.4 Å². The highest BCUT2D eigenvalue weighted by Gasteiger charge is 2.34. The first-order valence-corrected chi connectivity index (χ1v) is 6.78. The van der Waals surface area contributed by atoms with E-state index in [1.807, 2.05) is 11.3 Å². The Bertz CT molecular complexity index is 306. The monoisotopic (exact) mass is 223 g/mol. The summed E-state index contributed by atoms with van der Waals surface area (Å²) in [6.45, 7) is 4.70. The molecule has 2 rings (SSSR count). The third kappa shape index (κ3) is 2.61. The quantitative estimate of drug-likeness (QED) is 0.816. The number of rotatable bonds is 2. The molecule has 0 saturated heterocycles. The minimum atomic E-state index is 0.0663. The van der Waals surface area contributed by atoms with Gasteiger partial charge in [0, 0.05) is 10.4 Å². The van der Waals surface area contributed by atoms with Crippen LogP contribution >= 0.6 is 11.3 Å². The molecule has 0 aromatic carbocycles. The van der Waals surface area contributed by atoms with Crippen molar-refractivity contribution in [2.45, 2.75) is 45.1 Å². The predicted molar refractivity (Wildman–Crippen MR) is 67.1 cm³/mol. The van der Waals surface area contributed by atoms with E-state index in [4.69, 9.17) is 5.73 Å². The smallest absolute Gasteiger partial charge is 0.0205 e. The molecular weight excluding hydrogens is 202 g/mol. The molecule has 1 saturated carbocycles. The van der Waals surface area contributed by atoms with E-state index in [-0.39, 0.29) is 5.54 Å². The Morgan fingerprint density at radius 3 is 2.87 bits per heavy atom. The van der Waals surface area contributed by atoms with Gasteiger partial charge >= 0.3 is 0 Å². The first kappa shape index (κ1) is 11.2. The lowest BCUT2D eigenvalue weighted by Crippen LogP contribution is -2.47. The SMILES string of the molecule is CC1CCC(N)(Cc2cccs2)CC1C. The maximum atomic E-state index is 6.51. The first-order chi connectivity index (χ1) is 7.09. The largest absolute Gasteiger partial charge is 0.325 e. The Morgan fingerprint density at radius 1 is 1.47 bits per heavy atom. The fourth-order valence-corrected chi connectivity index (χ4v) is 3.52. The molecule has 15 heavy (non-hydrogen) atoms. The summed E-state index contributed by atoms with van der Waals surface area (Å²) in [7, 11) is 0. The minimum absolute atomic E-state index is 0.0663. The van der Waals surface area contributed by atoms with Gasteiger partial charge in [0.2, 0.25) is 0 Å². The van der Waals surface area contributed by atoms with Crippen LogP contribution < -0.4 is 5.73 Å². The second kappa shape index (κ2) is 4.26. The summed E-state index contributed by atoms with van der Waals surface area (Å²) in [4.78, 5) is 1.44. The van der Waals surface area contributed by atoms with E-state index in [1.54, 1.807) is 0 Å². The zero-order chi connectivity index (χ0) is 10.9. The maximum absolute atomic E-state index is 6.51. The second-order valence-corrected chi connectivity index (χ2v) is 6.35. The Morgan fingerprint density at radius 2 is 2.27 bits per heavy atom. The van der Waals surface area contributed by atoms with Crippen LogP contribution in [0.25, 0.3) is 0 Å². The van der Waals surface area contributed by atoms with Crippen LogP contribution in [0.1, 0.15) is 38.0 Å².